The minimum atomic E-state index is -0.485. The summed E-state index contributed by atoms with van der Waals surface area (Å²) in [6.45, 7) is 0.280. The van der Waals surface area contributed by atoms with Crippen LogP contribution in [-0.2, 0) is 20.9 Å². The molecule has 2 amide bonds. The summed E-state index contributed by atoms with van der Waals surface area (Å²) in [6.07, 6.45) is 6.12. The molecule has 1 unspecified atom stereocenters. The molecule has 0 radical (unpaired) electrons. The third-order valence-corrected chi connectivity index (χ3v) is 6.13. The fourth-order valence-electron chi connectivity index (χ4n) is 4.96. The van der Waals surface area contributed by atoms with Crippen LogP contribution in [0.2, 0.25) is 0 Å². The average molecular weight is 365 g/mol. The number of hydrogen-bond acceptors (Lipinski definition) is 5. The fourth-order valence-corrected chi connectivity index (χ4v) is 4.96. The highest BCUT2D eigenvalue weighted by molar-refractivity contribution is 6.23. The first kappa shape index (κ1) is 16.4. The number of carbonyl (C=O) groups is 2. The Bertz CT molecular complexity index is 1020. The monoisotopic (exact) mass is 365 g/mol. The van der Waals surface area contributed by atoms with Crippen LogP contribution in [0.1, 0.15) is 18.4 Å². The molecule has 138 valence electrons. The smallest absolute Gasteiger partial charge is 0.336 e. The highest BCUT2D eigenvalue weighted by Gasteiger charge is 2.56. The van der Waals surface area contributed by atoms with Crippen molar-refractivity contribution in [1.82, 2.24) is 0 Å². The van der Waals surface area contributed by atoms with Gasteiger partial charge in [-0.2, -0.15) is 0 Å². The molecule has 4 aliphatic rings. The minimum absolute atomic E-state index is 0.140. The van der Waals surface area contributed by atoms with Crippen molar-refractivity contribution in [3.05, 3.63) is 52.4 Å². The van der Waals surface area contributed by atoms with Crippen LogP contribution in [0.15, 0.2) is 45.6 Å². The molecule has 3 aliphatic carbocycles. The van der Waals surface area contributed by atoms with E-state index >= 15 is 0 Å². The van der Waals surface area contributed by atoms with E-state index in [9.17, 15) is 14.4 Å². The molecule has 1 aromatic carbocycles. The molecule has 4 atom stereocenters. The van der Waals surface area contributed by atoms with E-state index in [2.05, 4.69) is 12.2 Å². The Hall–Kier alpha value is -2.73. The zero-order valence-electron chi connectivity index (χ0n) is 14.9. The van der Waals surface area contributed by atoms with Gasteiger partial charge in [-0.05, 0) is 42.4 Å². The topological polar surface area (TPSA) is 76.8 Å². The Kier molecular flexibility index (Phi) is 3.59. The molecule has 2 heterocycles. The van der Waals surface area contributed by atoms with Gasteiger partial charge >= 0.3 is 5.63 Å². The van der Waals surface area contributed by atoms with Gasteiger partial charge in [0.25, 0.3) is 0 Å². The highest BCUT2D eigenvalue weighted by atomic mass is 16.5. The number of anilines is 1. The first-order valence-corrected chi connectivity index (χ1v) is 9.20. The van der Waals surface area contributed by atoms with Gasteiger partial charge in [0.15, 0.2) is 0 Å². The van der Waals surface area contributed by atoms with Crippen LogP contribution < -0.4 is 10.5 Å². The molecule has 6 heteroatoms. The van der Waals surface area contributed by atoms with Gasteiger partial charge in [-0.25, -0.2) is 9.69 Å². The molecule has 1 aliphatic heterocycles. The van der Waals surface area contributed by atoms with Crippen LogP contribution >= 0.6 is 0 Å². The number of nitrogens with zero attached hydrogens (tertiary/aromatic N) is 1. The largest absolute Gasteiger partial charge is 0.423 e. The summed E-state index contributed by atoms with van der Waals surface area (Å²) < 4.78 is 10.5. The number of hydrogen-bond donors (Lipinski definition) is 0. The fraction of sp³-hybridized carbons (Fsp3) is 0.381. The highest BCUT2D eigenvalue weighted by Crippen LogP contribution is 2.50. The molecule has 2 fully saturated rings. The first-order chi connectivity index (χ1) is 13.1. The summed E-state index contributed by atoms with van der Waals surface area (Å²) in [6, 6.07) is 6.52. The lowest BCUT2D eigenvalue weighted by atomic mass is 9.63. The van der Waals surface area contributed by atoms with Crippen molar-refractivity contribution < 1.29 is 18.7 Å². The van der Waals surface area contributed by atoms with Crippen molar-refractivity contribution in [3.8, 4) is 0 Å². The normalized spacial score (nSPS) is 29.0. The Morgan fingerprint density at radius 2 is 1.70 bits per heavy atom. The van der Waals surface area contributed by atoms with E-state index in [1.807, 2.05) is 0 Å². The van der Waals surface area contributed by atoms with E-state index < -0.39 is 5.63 Å². The molecule has 0 N–H and O–H groups in total. The predicted octanol–water partition coefficient (Wildman–Crippen LogP) is 2.64. The van der Waals surface area contributed by atoms with E-state index in [0.717, 1.165) is 18.2 Å². The molecule has 2 aromatic rings. The number of benzene rings is 1. The Balaban J connectivity index is 1.59. The number of rotatable bonds is 3. The number of methoxy groups -OCH3 is 1. The number of ether oxygens (including phenoxy) is 1. The summed E-state index contributed by atoms with van der Waals surface area (Å²) >= 11 is 0. The number of amides is 2. The van der Waals surface area contributed by atoms with Crippen LogP contribution in [0.25, 0.3) is 11.0 Å². The van der Waals surface area contributed by atoms with Gasteiger partial charge in [-0.3, -0.25) is 9.59 Å². The van der Waals surface area contributed by atoms with Crippen molar-refractivity contribution >= 4 is 28.5 Å². The number of carbonyl (C=O) groups excluding carboxylic acids is 2. The van der Waals surface area contributed by atoms with Crippen LogP contribution in [0, 0.1) is 23.7 Å². The number of imide groups is 1. The van der Waals surface area contributed by atoms with Gasteiger partial charge in [0.2, 0.25) is 11.8 Å². The third-order valence-electron chi connectivity index (χ3n) is 6.13. The average Bonchev–Trinajstić information content (AvgIpc) is 2.95. The van der Waals surface area contributed by atoms with E-state index in [1.165, 1.54) is 11.0 Å². The number of allylic oxidation sites excluding steroid dienone is 2. The summed E-state index contributed by atoms with van der Waals surface area (Å²) in [5.74, 6) is -0.508. The van der Waals surface area contributed by atoms with Crippen LogP contribution in [0.4, 0.5) is 5.69 Å². The zero-order valence-corrected chi connectivity index (χ0v) is 14.9. The zero-order chi connectivity index (χ0) is 18.7. The minimum Gasteiger partial charge on any atom is -0.423 e. The maximum atomic E-state index is 13.1. The van der Waals surface area contributed by atoms with Gasteiger partial charge < -0.3 is 9.15 Å². The maximum absolute atomic E-state index is 13.1. The van der Waals surface area contributed by atoms with Crippen LogP contribution in [0.5, 0.6) is 0 Å². The van der Waals surface area contributed by atoms with E-state index in [-0.39, 0.29) is 42.1 Å². The van der Waals surface area contributed by atoms with Crippen molar-refractivity contribution in [2.24, 2.45) is 23.7 Å². The standard InChI is InChI=1S/C21H19NO5/c1-26-10-13-8-17(23)27-16-9-14(6-7-15(13)16)22-20(24)18-11-2-3-12(5-4-11)19(18)21(22)25/h2-3,6-9,11-12,18-19H,4-5,10H2,1H3/t11-,12+,18-,19?/m1/s1. The van der Waals surface area contributed by atoms with Gasteiger partial charge in [-0.1, -0.05) is 12.2 Å². The van der Waals surface area contributed by atoms with E-state index in [1.54, 1.807) is 25.3 Å². The third kappa shape index (κ3) is 2.33. The van der Waals surface area contributed by atoms with Gasteiger partial charge in [0.05, 0.1) is 24.1 Å². The predicted molar refractivity (Wildman–Crippen MR) is 98.0 cm³/mol. The lowest BCUT2D eigenvalue weighted by Gasteiger charge is -2.38. The molecule has 1 aromatic heterocycles. The van der Waals surface area contributed by atoms with Crippen molar-refractivity contribution in [1.29, 1.82) is 0 Å². The molecular weight excluding hydrogens is 346 g/mol. The second-order valence-corrected chi connectivity index (χ2v) is 7.56. The molecule has 6 nitrogen and oxygen atoms in total. The molecule has 0 spiro atoms. The maximum Gasteiger partial charge on any atom is 0.336 e. The molecule has 27 heavy (non-hydrogen) atoms. The molecule has 1 saturated carbocycles. The summed E-state index contributed by atoms with van der Waals surface area (Å²) in [4.78, 5) is 39.3. The van der Waals surface area contributed by atoms with Crippen molar-refractivity contribution in [3.63, 3.8) is 0 Å². The molecular formula is C21H19NO5. The second kappa shape index (κ2) is 5.89. The van der Waals surface area contributed by atoms with E-state index in [4.69, 9.17) is 9.15 Å². The van der Waals surface area contributed by atoms with Crippen molar-refractivity contribution in [2.75, 3.05) is 12.0 Å². The SMILES string of the molecule is COCc1cc(=O)oc2cc(N3C(=O)C4[C@H]5C=C[C@H](CC5)[C@H]4C3=O)ccc12. The molecule has 2 bridgehead atoms. The Morgan fingerprint density at radius 1 is 1.04 bits per heavy atom. The molecule has 6 rings (SSSR count). The van der Waals surface area contributed by atoms with Gasteiger partial charge in [0, 0.05) is 24.6 Å². The first-order valence-electron chi connectivity index (χ1n) is 9.20. The summed E-state index contributed by atoms with van der Waals surface area (Å²) in [5, 5.41) is 0.735. The number of fused-ring (bicyclic) bond motifs is 2. The van der Waals surface area contributed by atoms with Crippen LogP contribution in [-0.4, -0.2) is 18.9 Å². The van der Waals surface area contributed by atoms with E-state index in [0.29, 0.717) is 16.8 Å². The molecule has 1 saturated heterocycles. The van der Waals surface area contributed by atoms with Gasteiger partial charge in [0.1, 0.15) is 5.58 Å². The van der Waals surface area contributed by atoms with Gasteiger partial charge in [-0.15, -0.1) is 0 Å². The Morgan fingerprint density at radius 3 is 2.30 bits per heavy atom. The van der Waals surface area contributed by atoms with Crippen molar-refractivity contribution in [2.45, 2.75) is 19.4 Å². The quantitative estimate of drug-likeness (QED) is 0.475. The lowest BCUT2D eigenvalue weighted by Crippen LogP contribution is -2.38. The summed E-state index contributed by atoms with van der Waals surface area (Å²) in [5.41, 5.74) is 1.04. The summed E-state index contributed by atoms with van der Waals surface area (Å²) in [7, 11) is 1.56. The lowest BCUT2D eigenvalue weighted by molar-refractivity contribution is -0.124. The van der Waals surface area contributed by atoms with Crippen LogP contribution in [0.3, 0.4) is 0 Å². The Labute approximate surface area is 155 Å². The second-order valence-electron chi connectivity index (χ2n) is 7.56.